The zero-order valence-electron chi connectivity index (χ0n) is 18.8. The maximum atomic E-state index is 12.4. The highest BCUT2D eigenvalue weighted by atomic mass is 16.6. The van der Waals surface area contributed by atoms with Gasteiger partial charge in [0.1, 0.15) is 6.10 Å². The number of rotatable bonds is 4. The Bertz CT molecular complexity index is 969. The molecule has 6 nitrogen and oxygen atoms in total. The number of likely N-dealkylation sites (tertiary alicyclic amines) is 1. The molecule has 1 saturated heterocycles. The van der Waals surface area contributed by atoms with E-state index >= 15 is 0 Å². The molecule has 0 amide bonds. The molecular weight excluding hydrogens is 404 g/mol. The van der Waals surface area contributed by atoms with E-state index in [9.17, 15) is 10.2 Å². The lowest BCUT2D eigenvalue weighted by Crippen LogP contribution is -2.76. The lowest BCUT2D eigenvalue weighted by molar-refractivity contribution is -0.167. The Morgan fingerprint density at radius 2 is 1.97 bits per heavy atom. The fourth-order valence-electron chi connectivity index (χ4n) is 7.69. The largest absolute Gasteiger partial charge is 0.504 e. The van der Waals surface area contributed by atoms with E-state index in [2.05, 4.69) is 16.1 Å². The van der Waals surface area contributed by atoms with Crippen molar-refractivity contribution in [2.75, 3.05) is 13.1 Å². The lowest BCUT2D eigenvalue weighted by atomic mass is 9.49. The van der Waals surface area contributed by atoms with Gasteiger partial charge in [-0.05, 0) is 88.3 Å². The van der Waals surface area contributed by atoms with E-state index in [0.29, 0.717) is 18.6 Å². The SMILES string of the molecule is Oc1ccc2c3c1O[C@H]1/C(=N/OC4CCCCC4)CC[C@@]4(O)[C@@H](C2)N(CC2CC2)CC[C@]314. The van der Waals surface area contributed by atoms with Crippen LogP contribution >= 0.6 is 0 Å². The summed E-state index contributed by atoms with van der Waals surface area (Å²) in [6, 6.07) is 3.92. The number of piperidine rings is 1. The number of hydrogen-bond acceptors (Lipinski definition) is 6. The number of benzene rings is 1. The zero-order valence-corrected chi connectivity index (χ0v) is 18.8. The van der Waals surface area contributed by atoms with Crippen LogP contribution in [0.15, 0.2) is 17.3 Å². The van der Waals surface area contributed by atoms with Crippen LogP contribution in [0.4, 0.5) is 0 Å². The number of phenols is 1. The Kier molecular flexibility index (Phi) is 4.21. The third-order valence-electron chi connectivity index (χ3n) is 9.45. The van der Waals surface area contributed by atoms with Crippen molar-refractivity contribution in [3.8, 4) is 11.5 Å². The van der Waals surface area contributed by atoms with Crippen LogP contribution < -0.4 is 4.74 Å². The van der Waals surface area contributed by atoms with Crippen molar-refractivity contribution >= 4 is 5.71 Å². The Morgan fingerprint density at radius 1 is 1.12 bits per heavy atom. The van der Waals surface area contributed by atoms with E-state index in [-0.39, 0.29) is 24.0 Å². The molecule has 2 bridgehead atoms. The smallest absolute Gasteiger partial charge is 0.166 e. The summed E-state index contributed by atoms with van der Waals surface area (Å²) in [6.45, 7) is 2.06. The summed E-state index contributed by atoms with van der Waals surface area (Å²) in [6.07, 6.45) is 11.4. The van der Waals surface area contributed by atoms with Gasteiger partial charge in [0, 0.05) is 18.2 Å². The van der Waals surface area contributed by atoms with Crippen molar-refractivity contribution < 1.29 is 19.8 Å². The van der Waals surface area contributed by atoms with Crippen LogP contribution in [0.25, 0.3) is 0 Å². The number of nitrogens with zero attached hydrogens (tertiary/aromatic N) is 2. The molecule has 32 heavy (non-hydrogen) atoms. The molecule has 2 N–H and O–H groups in total. The molecule has 4 fully saturated rings. The first kappa shape index (κ1) is 19.7. The van der Waals surface area contributed by atoms with Gasteiger partial charge in [0.15, 0.2) is 17.6 Å². The molecule has 4 aliphatic carbocycles. The maximum absolute atomic E-state index is 12.4. The van der Waals surface area contributed by atoms with Crippen molar-refractivity contribution in [1.82, 2.24) is 4.90 Å². The van der Waals surface area contributed by atoms with Crippen LogP contribution in [0.5, 0.6) is 11.5 Å². The highest BCUT2D eigenvalue weighted by molar-refractivity contribution is 5.94. The normalized spacial score (nSPS) is 39.6. The van der Waals surface area contributed by atoms with E-state index in [1.807, 2.05) is 0 Å². The molecule has 6 aliphatic rings. The van der Waals surface area contributed by atoms with Gasteiger partial charge in [-0.1, -0.05) is 17.6 Å². The quantitative estimate of drug-likeness (QED) is 0.702. The third kappa shape index (κ3) is 2.57. The number of phenolic OH excluding ortho intramolecular Hbond substituents is 1. The average molecular weight is 439 g/mol. The molecular formula is C26H34N2O4. The van der Waals surface area contributed by atoms with Crippen LogP contribution in [-0.4, -0.2) is 57.8 Å². The van der Waals surface area contributed by atoms with Gasteiger partial charge < -0.3 is 19.8 Å². The zero-order chi connectivity index (χ0) is 21.5. The number of ether oxygens (including phenoxy) is 1. The van der Waals surface area contributed by atoms with Gasteiger partial charge in [-0.15, -0.1) is 0 Å². The molecule has 3 saturated carbocycles. The van der Waals surface area contributed by atoms with Crippen LogP contribution in [0.2, 0.25) is 0 Å². The van der Waals surface area contributed by atoms with Gasteiger partial charge in [-0.3, -0.25) is 4.90 Å². The minimum absolute atomic E-state index is 0.103. The number of aliphatic hydroxyl groups is 1. The van der Waals surface area contributed by atoms with E-state index in [1.54, 1.807) is 6.07 Å². The summed E-state index contributed by atoms with van der Waals surface area (Å²) >= 11 is 0. The van der Waals surface area contributed by atoms with E-state index in [4.69, 9.17) is 9.57 Å². The Labute approximate surface area is 189 Å². The first-order valence-corrected chi connectivity index (χ1v) is 12.8. The average Bonchev–Trinajstić information content (AvgIpc) is 3.54. The molecule has 4 atom stereocenters. The molecule has 0 unspecified atom stereocenters. The van der Waals surface area contributed by atoms with E-state index in [0.717, 1.165) is 56.0 Å². The standard InChI is InChI=1S/C26H34N2O4/c29-20-9-8-17-14-21-26(30)11-10-19(27-32-18-4-2-1-3-5-18)24-25(26,22(17)23(20)31-24)12-13-28(21)15-16-6-7-16/h8-9,16,18,21,24,29-30H,1-7,10-15H2/b27-19+/t21-,24+,25+,26-/m1/s1. The van der Waals surface area contributed by atoms with Gasteiger partial charge in [0.2, 0.25) is 0 Å². The van der Waals surface area contributed by atoms with E-state index in [1.165, 1.54) is 37.7 Å². The number of aromatic hydroxyl groups is 1. The summed E-state index contributed by atoms with van der Waals surface area (Å²) in [4.78, 5) is 8.61. The Hall–Kier alpha value is -1.79. The lowest BCUT2D eigenvalue weighted by Gasteiger charge is -2.63. The second-order valence-electron chi connectivity index (χ2n) is 11.2. The molecule has 6 heteroatoms. The van der Waals surface area contributed by atoms with Crippen molar-refractivity contribution in [2.45, 2.75) is 99.9 Å². The molecule has 1 spiro atoms. The monoisotopic (exact) mass is 438 g/mol. The van der Waals surface area contributed by atoms with Gasteiger partial charge in [-0.2, -0.15) is 0 Å². The minimum atomic E-state index is -0.860. The summed E-state index contributed by atoms with van der Waals surface area (Å²) in [5.74, 6) is 1.55. The number of hydrogen-bond donors (Lipinski definition) is 2. The van der Waals surface area contributed by atoms with Gasteiger partial charge in [0.05, 0.1) is 16.7 Å². The first-order chi connectivity index (χ1) is 15.6. The molecule has 0 aromatic heterocycles. The van der Waals surface area contributed by atoms with Gasteiger partial charge in [-0.25, -0.2) is 0 Å². The fraction of sp³-hybridized carbons (Fsp3) is 0.731. The fourth-order valence-corrected chi connectivity index (χ4v) is 7.69. The first-order valence-electron chi connectivity index (χ1n) is 12.8. The minimum Gasteiger partial charge on any atom is -0.504 e. The maximum Gasteiger partial charge on any atom is 0.166 e. The Morgan fingerprint density at radius 3 is 2.78 bits per heavy atom. The van der Waals surface area contributed by atoms with Gasteiger partial charge in [0.25, 0.3) is 0 Å². The van der Waals surface area contributed by atoms with Crippen molar-refractivity contribution in [3.63, 3.8) is 0 Å². The summed E-state index contributed by atoms with van der Waals surface area (Å²) < 4.78 is 6.52. The molecule has 1 aromatic rings. The second-order valence-corrected chi connectivity index (χ2v) is 11.2. The number of oxime groups is 1. The predicted octanol–water partition coefficient (Wildman–Crippen LogP) is 3.66. The van der Waals surface area contributed by atoms with Crippen LogP contribution in [0, 0.1) is 5.92 Å². The molecule has 172 valence electrons. The van der Waals surface area contributed by atoms with Crippen LogP contribution in [-0.2, 0) is 16.7 Å². The molecule has 0 radical (unpaired) electrons. The van der Waals surface area contributed by atoms with Crippen molar-refractivity contribution in [1.29, 1.82) is 0 Å². The highest BCUT2D eigenvalue weighted by Gasteiger charge is 2.72. The predicted molar refractivity (Wildman–Crippen MR) is 120 cm³/mol. The highest BCUT2D eigenvalue weighted by Crippen LogP contribution is 2.65. The van der Waals surface area contributed by atoms with Gasteiger partial charge >= 0.3 is 0 Å². The summed E-state index contributed by atoms with van der Waals surface area (Å²) in [5.41, 5.74) is 1.80. The van der Waals surface area contributed by atoms with Crippen molar-refractivity contribution in [2.24, 2.45) is 11.1 Å². The molecule has 2 heterocycles. The second kappa shape index (κ2) is 6.86. The topological polar surface area (TPSA) is 74.5 Å². The van der Waals surface area contributed by atoms with E-state index < -0.39 is 11.0 Å². The molecule has 2 aliphatic heterocycles. The molecule has 1 aromatic carbocycles. The van der Waals surface area contributed by atoms with Crippen LogP contribution in [0.1, 0.15) is 75.3 Å². The van der Waals surface area contributed by atoms with Crippen LogP contribution in [0.3, 0.4) is 0 Å². The Balaban J connectivity index is 1.30. The summed E-state index contributed by atoms with van der Waals surface area (Å²) in [5, 5.41) is 27.8. The van der Waals surface area contributed by atoms with Crippen molar-refractivity contribution in [3.05, 3.63) is 23.3 Å². The molecule has 7 rings (SSSR count). The third-order valence-corrected chi connectivity index (χ3v) is 9.45. The summed E-state index contributed by atoms with van der Waals surface area (Å²) in [7, 11) is 0.